The number of nitrogens with two attached hydrogens (primary N) is 1. The SMILES string of the molecule is C[C@@H](N)c1ccnc(Oc2cc(F)ccc2[N+](=O)[O-])c1. The second-order valence-corrected chi connectivity index (χ2v) is 4.19. The van der Waals surface area contributed by atoms with Gasteiger partial charge in [-0.25, -0.2) is 9.37 Å². The highest BCUT2D eigenvalue weighted by Crippen LogP contribution is 2.31. The summed E-state index contributed by atoms with van der Waals surface area (Å²) in [4.78, 5) is 14.1. The van der Waals surface area contributed by atoms with E-state index in [1.54, 1.807) is 19.1 Å². The molecule has 6 nitrogen and oxygen atoms in total. The Bertz CT molecular complexity index is 647. The van der Waals surface area contributed by atoms with E-state index < -0.39 is 10.7 Å². The van der Waals surface area contributed by atoms with Gasteiger partial charge in [-0.2, -0.15) is 0 Å². The Kier molecular flexibility index (Phi) is 3.90. The Morgan fingerprint density at radius 3 is 2.80 bits per heavy atom. The smallest absolute Gasteiger partial charge is 0.311 e. The van der Waals surface area contributed by atoms with Crippen molar-refractivity contribution in [2.75, 3.05) is 0 Å². The molecular weight excluding hydrogens is 265 g/mol. The maximum atomic E-state index is 13.2. The lowest BCUT2D eigenvalue weighted by molar-refractivity contribution is -0.385. The van der Waals surface area contributed by atoms with Gasteiger partial charge in [0, 0.05) is 30.4 Å². The summed E-state index contributed by atoms with van der Waals surface area (Å²) in [6.45, 7) is 1.78. The molecule has 20 heavy (non-hydrogen) atoms. The Balaban J connectivity index is 2.36. The third-order valence-corrected chi connectivity index (χ3v) is 2.62. The zero-order valence-corrected chi connectivity index (χ0v) is 10.6. The standard InChI is InChI=1S/C13H12FN3O3/c1-8(15)9-4-5-16-13(6-9)20-12-7-10(14)2-3-11(12)17(18)19/h2-8H,15H2,1H3/t8-/m1/s1. The molecule has 1 aromatic heterocycles. The van der Waals surface area contributed by atoms with Crippen molar-refractivity contribution in [3.05, 3.63) is 58.0 Å². The number of hydrogen-bond acceptors (Lipinski definition) is 5. The average molecular weight is 277 g/mol. The first-order valence-corrected chi connectivity index (χ1v) is 5.80. The number of rotatable bonds is 4. The third-order valence-electron chi connectivity index (χ3n) is 2.62. The van der Waals surface area contributed by atoms with Crippen LogP contribution < -0.4 is 10.5 Å². The van der Waals surface area contributed by atoms with Gasteiger partial charge in [0.1, 0.15) is 5.82 Å². The fourth-order valence-corrected chi connectivity index (χ4v) is 1.60. The zero-order valence-electron chi connectivity index (χ0n) is 10.6. The number of halogens is 1. The van der Waals surface area contributed by atoms with Gasteiger partial charge in [-0.05, 0) is 24.6 Å². The van der Waals surface area contributed by atoms with Crippen molar-refractivity contribution in [1.82, 2.24) is 4.98 Å². The van der Waals surface area contributed by atoms with E-state index in [4.69, 9.17) is 10.5 Å². The molecule has 0 unspecified atom stereocenters. The summed E-state index contributed by atoms with van der Waals surface area (Å²) in [5, 5.41) is 10.9. The fraction of sp³-hybridized carbons (Fsp3) is 0.154. The number of nitro benzene ring substituents is 1. The number of hydrogen-bond donors (Lipinski definition) is 1. The Labute approximate surface area is 114 Å². The predicted octanol–water partition coefficient (Wildman–Crippen LogP) is 2.94. The molecule has 2 rings (SSSR count). The first-order chi connectivity index (χ1) is 9.47. The minimum Gasteiger partial charge on any atom is -0.432 e. The van der Waals surface area contributed by atoms with Gasteiger partial charge in [-0.3, -0.25) is 10.1 Å². The molecule has 1 aromatic carbocycles. The molecule has 0 fully saturated rings. The molecule has 0 aliphatic heterocycles. The van der Waals surface area contributed by atoms with E-state index in [1.807, 2.05) is 0 Å². The van der Waals surface area contributed by atoms with Crippen molar-refractivity contribution in [2.45, 2.75) is 13.0 Å². The quantitative estimate of drug-likeness (QED) is 0.685. The van der Waals surface area contributed by atoms with Crippen LogP contribution in [0.2, 0.25) is 0 Å². The van der Waals surface area contributed by atoms with Crippen molar-refractivity contribution < 1.29 is 14.1 Å². The molecule has 1 heterocycles. The van der Waals surface area contributed by atoms with Crippen molar-refractivity contribution in [3.8, 4) is 11.6 Å². The van der Waals surface area contributed by atoms with E-state index in [0.29, 0.717) is 0 Å². The topological polar surface area (TPSA) is 91.3 Å². The van der Waals surface area contributed by atoms with Crippen molar-refractivity contribution in [3.63, 3.8) is 0 Å². The molecule has 0 aliphatic carbocycles. The highest BCUT2D eigenvalue weighted by molar-refractivity contribution is 5.48. The molecule has 2 aromatic rings. The second-order valence-electron chi connectivity index (χ2n) is 4.19. The Hall–Kier alpha value is -2.54. The number of nitro groups is 1. The van der Waals surface area contributed by atoms with Gasteiger partial charge in [0.15, 0.2) is 0 Å². The van der Waals surface area contributed by atoms with Gasteiger partial charge in [0.25, 0.3) is 0 Å². The summed E-state index contributed by atoms with van der Waals surface area (Å²) in [6.07, 6.45) is 1.47. The molecule has 0 saturated heterocycles. The van der Waals surface area contributed by atoms with E-state index >= 15 is 0 Å². The van der Waals surface area contributed by atoms with Gasteiger partial charge in [0.2, 0.25) is 11.6 Å². The zero-order chi connectivity index (χ0) is 14.7. The van der Waals surface area contributed by atoms with Crippen LogP contribution in [0.3, 0.4) is 0 Å². The van der Waals surface area contributed by atoms with Gasteiger partial charge in [0.05, 0.1) is 4.92 Å². The van der Waals surface area contributed by atoms with Crippen LogP contribution in [0.15, 0.2) is 36.5 Å². The highest BCUT2D eigenvalue weighted by atomic mass is 19.1. The molecule has 0 aliphatic rings. The van der Waals surface area contributed by atoms with Crippen LogP contribution in [-0.2, 0) is 0 Å². The van der Waals surface area contributed by atoms with Crippen LogP contribution >= 0.6 is 0 Å². The number of pyridine rings is 1. The van der Waals surface area contributed by atoms with Gasteiger partial charge in [-0.15, -0.1) is 0 Å². The number of benzene rings is 1. The average Bonchev–Trinajstić information content (AvgIpc) is 2.38. The fourth-order valence-electron chi connectivity index (χ4n) is 1.60. The number of aromatic nitrogens is 1. The summed E-state index contributed by atoms with van der Waals surface area (Å²) in [5.74, 6) is -0.716. The molecule has 0 spiro atoms. The van der Waals surface area contributed by atoms with Crippen LogP contribution in [0.1, 0.15) is 18.5 Å². The normalized spacial score (nSPS) is 11.9. The lowest BCUT2D eigenvalue weighted by Crippen LogP contribution is -2.05. The number of ether oxygens (including phenoxy) is 1. The maximum Gasteiger partial charge on any atom is 0.311 e. The largest absolute Gasteiger partial charge is 0.432 e. The first-order valence-electron chi connectivity index (χ1n) is 5.80. The van der Waals surface area contributed by atoms with Crippen molar-refractivity contribution >= 4 is 5.69 Å². The van der Waals surface area contributed by atoms with Crippen molar-refractivity contribution in [2.24, 2.45) is 5.73 Å². The first kappa shape index (κ1) is 13.9. The second kappa shape index (κ2) is 5.62. The molecule has 7 heteroatoms. The minimum atomic E-state index is -0.649. The van der Waals surface area contributed by atoms with E-state index in [2.05, 4.69) is 4.98 Å². The number of nitrogens with zero attached hydrogens (tertiary/aromatic N) is 2. The molecule has 0 bridgehead atoms. The molecule has 0 radical (unpaired) electrons. The van der Waals surface area contributed by atoms with Crippen LogP contribution in [0, 0.1) is 15.9 Å². The Morgan fingerprint density at radius 1 is 1.40 bits per heavy atom. The van der Waals surface area contributed by atoms with Gasteiger partial charge < -0.3 is 10.5 Å². The third kappa shape index (κ3) is 3.07. The van der Waals surface area contributed by atoms with E-state index in [1.165, 1.54) is 6.20 Å². The molecule has 104 valence electrons. The predicted molar refractivity (Wildman–Crippen MR) is 70.0 cm³/mol. The van der Waals surface area contributed by atoms with Gasteiger partial charge in [-0.1, -0.05) is 0 Å². The maximum absolute atomic E-state index is 13.2. The van der Waals surface area contributed by atoms with Crippen LogP contribution in [0.5, 0.6) is 11.6 Å². The lowest BCUT2D eigenvalue weighted by atomic mass is 10.1. The van der Waals surface area contributed by atoms with Gasteiger partial charge >= 0.3 is 5.69 Å². The summed E-state index contributed by atoms with van der Waals surface area (Å²) in [5.41, 5.74) is 6.15. The monoisotopic (exact) mass is 277 g/mol. The molecular formula is C13H12FN3O3. The Morgan fingerprint density at radius 2 is 2.15 bits per heavy atom. The molecule has 0 saturated carbocycles. The van der Waals surface area contributed by atoms with Crippen molar-refractivity contribution in [1.29, 1.82) is 0 Å². The van der Waals surface area contributed by atoms with Crippen LogP contribution in [0.4, 0.5) is 10.1 Å². The molecule has 1 atom stereocenters. The summed E-state index contributed by atoms with van der Waals surface area (Å²) < 4.78 is 18.5. The molecule has 0 amide bonds. The van der Waals surface area contributed by atoms with E-state index in [9.17, 15) is 14.5 Å². The van der Waals surface area contributed by atoms with Crippen LogP contribution in [0.25, 0.3) is 0 Å². The van der Waals surface area contributed by atoms with Crippen LogP contribution in [-0.4, -0.2) is 9.91 Å². The summed E-state index contributed by atoms with van der Waals surface area (Å²) >= 11 is 0. The highest BCUT2D eigenvalue weighted by Gasteiger charge is 2.17. The lowest BCUT2D eigenvalue weighted by Gasteiger charge is -2.09. The molecule has 2 N–H and O–H groups in total. The van der Waals surface area contributed by atoms with E-state index in [-0.39, 0.29) is 23.4 Å². The summed E-state index contributed by atoms with van der Waals surface area (Å²) in [7, 11) is 0. The summed E-state index contributed by atoms with van der Waals surface area (Å²) in [6, 6.07) is 6.01. The van der Waals surface area contributed by atoms with E-state index in [0.717, 1.165) is 23.8 Å². The minimum absolute atomic E-state index is 0.119.